The molecule has 1 heterocycles. The Morgan fingerprint density at radius 1 is 1.31 bits per heavy atom. The van der Waals surface area contributed by atoms with E-state index in [0.29, 0.717) is 5.56 Å². The molecule has 0 saturated carbocycles. The first-order valence-electron chi connectivity index (χ1n) is 4.36. The maximum Gasteiger partial charge on any atom is 0.254 e. The topological polar surface area (TPSA) is 20.3 Å². The van der Waals surface area contributed by atoms with E-state index in [4.69, 9.17) is 0 Å². The highest BCUT2D eigenvalue weighted by molar-refractivity contribution is 7.80. The largest absolute Gasteiger partial charge is 0.338 e. The SMILES string of the molecule is O=C(c1ccccc1S)N1CCC1. The summed E-state index contributed by atoms with van der Waals surface area (Å²) in [6.45, 7) is 1.78. The van der Waals surface area contributed by atoms with E-state index in [0.717, 1.165) is 24.4 Å². The third-order valence-corrected chi connectivity index (χ3v) is 2.67. The molecule has 0 unspecified atom stereocenters. The quantitative estimate of drug-likeness (QED) is 0.675. The highest BCUT2D eigenvalue weighted by Crippen LogP contribution is 2.18. The molecule has 2 nitrogen and oxygen atoms in total. The van der Waals surface area contributed by atoms with Crippen LogP contribution in [0.5, 0.6) is 0 Å². The predicted octanol–water partition coefficient (Wildman–Crippen LogP) is 1.82. The molecule has 0 bridgehead atoms. The first-order chi connectivity index (χ1) is 6.29. The zero-order chi connectivity index (χ0) is 9.26. The number of amides is 1. The zero-order valence-electron chi connectivity index (χ0n) is 7.23. The summed E-state index contributed by atoms with van der Waals surface area (Å²) in [5.41, 5.74) is 0.713. The van der Waals surface area contributed by atoms with Crippen molar-refractivity contribution in [3.05, 3.63) is 29.8 Å². The van der Waals surface area contributed by atoms with E-state index in [2.05, 4.69) is 12.6 Å². The van der Waals surface area contributed by atoms with Crippen LogP contribution in [-0.4, -0.2) is 23.9 Å². The van der Waals surface area contributed by atoms with Gasteiger partial charge in [0.05, 0.1) is 5.56 Å². The summed E-state index contributed by atoms with van der Waals surface area (Å²) in [6.07, 6.45) is 1.13. The first kappa shape index (κ1) is 8.63. The lowest BCUT2D eigenvalue weighted by molar-refractivity contribution is 0.0648. The van der Waals surface area contributed by atoms with E-state index in [1.165, 1.54) is 0 Å². The monoisotopic (exact) mass is 193 g/mol. The average Bonchev–Trinajstić information content (AvgIpc) is 2.01. The van der Waals surface area contributed by atoms with Gasteiger partial charge in [0.25, 0.3) is 5.91 Å². The minimum Gasteiger partial charge on any atom is -0.338 e. The average molecular weight is 193 g/mol. The van der Waals surface area contributed by atoms with E-state index in [1.54, 1.807) is 0 Å². The summed E-state index contributed by atoms with van der Waals surface area (Å²) < 4.78 is 0. The predicted molar refractivity (Wildman–Crippen MR) is 54.2 cm³/mol. The van der Waals surface area contributed by atoms with Crippen molar-refractivity contribution in [1.82, 2.24) is 4.90 Å². The Hall–Kier alpha value is -0.960. The van der Waals surface area contributed by atoms with Gasteiger partial charge in [-0.2, -0.15) is 0 Å². The first-order valence-corrected chi connectivity index (χ1v) is 4.81. The molecule has 0 N–H and O–H groups in total. The number of hydrogen-bond donors (Lipinski definition) is 1. The summed E-state index contributed by atoms with van der Waals surface area (Å²) in [5.74, 6) is 0.108. The maximum absolute atomic E-state index is 11.7. The highest BCUT2D eigenvalue weighted by Gasteiger charge is 2.22. The van der Waals surface area contributed by atoms with Gasteiger partial charge in [-0.3, -0.25) is 4.79 Å². The zero-order valence-corrected chi connectivity index (χ0v) is 8.13. The van der Waals surface area contributed by atoms with Gasteiger partial charge in [-0.25, -0.2) is 0 Å². The fourth-order valence-corrected chi connectivity index (χ4v) is 1.60. The van der Waals surface area contributed by atoms with Crippen LogP contribution in [-0.2, 0) is 0 Å². The van der Waals surface area contributed by atoms with E-state index in [9.17, 15) is 4.79 Å². The number of benzene rings is 1. The van der Waals surface area contributed by atoms with Crippen LogP contribution in [0.25, 0.3) is 0 Å². The van der Waals surface area contributed by atoms with Gasteiger partial charge >= 0.3 is 0 Å². The Morgan fingerprint density at radius 3 is 2.54 bits per heavy atom. The number of hydrogen-bond acceptors (Lipinski definition) is 2. The Kier molecular flexibility index (Phi) is 2.27. The molecule has 3 heteroatoms. The van der Waals surface area contributed by atoms with Crippen molar-refractivity contribution in [1.29, 1.82) is 0 Å². The lowest BCUT2D eigenvalue weighted by Crippen LogP contribution is -2.42. The van der Waals surface area contributed by atoms with Crippen LogP contribution >= 0.6 is 12.6 Å². The van der Waals surface area contributed by atoms with Crippen LogP contribution in [0, 0.1) is 0 Å². The fraction of sp³-hybridized carbons (Fsp3) is 0.300. The molecule has 0 aliphatic carbocycles. The van der Waals surface area contributed by atoms with Crippen molar-refractivity contribution in [2.24, 2.45) is 0 Å². The number of rotatable bonds is 1. The molecule has 0 spiro atoms. The van der Waals surface area contributed by atoms with Gasteiger partial charge in [-0.1, -0.05) is 12.1 Å². The summed E-state index contributed by atoms with van der Waals surface area (Å²) >= 11 is 4.25. The summed E-state index contributed by atoms with van der Waals surface area (Å²) in [7, 11) is 0. The van der Waals surface area contributed by atoms with Crippen LogP contribution in [0.1, 0.15) is 16.8 Å². The highest BCUT2D eigenvalue weighted by atomic mass is 32.1. The van der Waals surface area contributed by atoms with Crippen LogP contribution in [0.2, 0.25) is 0 Å². The molecule has 0 radical (unpaired) electrons. The van der Waals surface area contributed by atoms with Gasteiger partial charge in [-0.15, -0.1) is 12.6 Å². The molecule has 1 saturated heterocycles. The number of carbonyl (C=O) groups excluding carboxylic acids is 1. The van der Waals surface area contributed by atoms with Gasteiger partial charge in [-0.05, 0) is 18.6 Å². The molecular formula is C10H11NOS. The van der Waals surface area contributed by atoms with Crippen molar-refractivity contribution in [2.75, 3.05) is 13.1 Å². The Bertz CT molecular complexity index is 333. The number of nitrogens with zero attached hydrogens (tertiary/aromatic N) is 1. The van der Waals surface area contributed by atoms with Gasteiger partial charge in [0.1, 0.15) is 0 Å². The fourth-order valence-electron chi connectivity index (χ4n) is 1.34. The van der Waals surface area contributed by atoms with E-state index in [1.807, 2.05) is 29.2 Å². The van der Waals surface area contributed by atoms with Crippen LogP contribution in [0.15, 0.2) is 29.2 Å². The number of thiol groups is 1. The summed E-state index contributed by atoms with van der Waals surface area (Å²) in [6, 6.07) is 7.42. The normalized spacial score (nSPS) is 15.3. The van der Waals surface area contributed by atoms with Crippen molar-refractivity contribution in [3.63, 3.8) is 0 Å². The maximum atomic E-state index is 11.7. The Balaban J connectivity index is 2.24. The lowest BCUT2D eigenvalue weighted by Gasteiger charge is -2.31. The Labute approximate surface area is 83.0 Å². The van der Waals surface area contributed by atoms with Crippen molar-refractivity contribution >= 4 is 18.5 Å². The van der Waals surface area contributed by atoms with Crippen molar-refractivity contribution in [3.8, 4) is 0 Å². The number of likely N-dealkylation sites (tertiary alicyclic amines) is 1. The molecule has 1 aromatic carbocycles. The van der Waals surface area contributed by atoms with Crippen molar-refractivity contribution < 1.29 is 4.79 Å². The smallest absolute Gasteiger partial charge is 0.254 e. The van der Waals surface area contributed by atoms with Gasteiger partial charge < -0.3 is 4.90 Å². The van der Waals surface area contributed by atoms with Gasteiger partial charge in [0.15, 0.2) is 0 Å². The lowest BCUT2D eigenvalue weighted by atomic mass is 10.1. The molecule has 2 rings (SSSR count). The standard InChI is InChI=1S/C10H11NOS/c12-10(11-6-3-7-11)8-4-1-2-5-9(8)13/h1-2,4-5,13H,3,6-7H2. The summed E-state index contributed by atoms with van der Waals surface area (Å²) in [5, 5.41) is 0. The molecule has 1 fully saturated rings. The summed E-state index contributed by atoms with van der Waals surface area (Å²) in [4.78, 5) is 14.3. The van der Waals surface area contributed by atoms with Crippen LogP contribution in [0.3, 0.4) is 0 Å². The van der Waals surface area contributed by atoms with E-state index in [-0.39, 0.29) is 5.91 Å². The second-order valence-electron chi connectivity index (χ2n) is 3.16. The molecule has 1 aliphatic heterocycles. The number of carbonyl (C=O) groups is 1. The Morgan fingerprint density at radius 2 is 2.00 bits per heavy atom. The molecule has 0 atom stereocenters. The second-order valence-corrected chi connectivity index (χ2v) is 3.64. The minimum absolute atomic E-state index is 0.108. The van der Waals surface area contributed by atoms with Crippen molar-refractivity contribution in [2.45, 2.75) is 11.3 Å². The second kappa shape index (κ2) is 3.42. The molecule has 0 aromatic heterocycles. The molecule has 68 valence electrons. The molecule has 1 amide bonds. The molecule has 1 aromatic rings. The van der Waals surface area contributed by atoms with E-state index < -0.39 is 0 Å². The van der Waals surface area contributed by atoms with Gasteiger partial charge in [0.2, 0.25) is 0 Å². The molecular weight excluding hydrogens is 182 g/mol. The van der Waals surface area contributed by atoms with Crippen LogP contribution < -0.4 is 0 Å². The third kappa shape index (κ3) is 1.56. The third-order valence-electron chi connectivity index (χ3n) is 2.28. The molecule has 1 aliphatic rings. The van der Waals surface area contributed by atoms with Crippen LogP contribution in [0.4, 0.5) is 0 Å². The van der Waals surface area contributed by atoms with E-state index >= 15 is 0 Å². The minimum atomic E-state index is 0.108. The molecule has 13 heavy (non-hydrogen) atoms. The van der Waals surface area contributed by atoms with Gasteiger partial charge in [0, 0.05) is 18.0 Å².